The molecule has 0 bridgehead atoms. The van der Waals surface area contributed by atoms with E-state index in [-0.39, 0.29) is 0 Å². The summed E-state index contributed by atoms with van der Waals surface area (Å²) in [6.07, 6.45) is 0.877. The third kappa shape index (κ3) is 1.37. The summed E-state index contributed by atoms with van der Waals surface area (Å²) in [5, 5.41) is 12.7. The summed E-state index contributed by atoms with van der Waals surface area (Å²) in [6.45, 7) is 3.46. The van der Waals surface area contributed by atoms with E-state index in [9.17, 15) is 0 Å². The highest BCUT2D eigenvalue weighted by atomic mass is 35.5. The van der Waals surface area contributed by atoms with E-state index in [0.717, 1.165) is 29.9 Å². The van der Waals surface area contributed by atoms with Gasteiger partial charge in [0.1, 0.15) is 6.07 Å². The number of aromatic nitrogens is 1. The molecule has 2 heterocycles. The molecular formula is C10H10ClN3. The number of nitriles is 1. The number of halogens is 1. The van der Waals surface area contributed by atoms with E-state index >= 15 is 0 Å². The lowest BCUT2D eigenvalue weighted by Crippen LogP contribution is -2.26. The van der Waals surface area contributed by atoms with Gasteiger partial charge in [-0.1, -0.05) is 11.6 Å². The van der Waals surface area contributed by atoms with Crippen LogP contribution in [0.1, 0.15) is 22.5 Å². The van der Waals surface area contributed by atoms with Gasteiger partial charge in [0.15, 0.2) is 0 Å². The second-order valence-corrected chi connectivity index (χ2v) is 3.73. The van der Waals surface area contributed by atoms with Crippen molar-refractivity contribution in [3.8, 4) is 6.07 Å². The monoisotopic (exact) mass is 207 g/mol. The molecule has 2 rings (SSSR count). The number of aryl methyl sites for hydroxylation is 1. The van der Waals surface area contributed by atoms with Gasteiger partial charge in [0.2, 0.25) is 0 Å². The van der Waals surface area contributed by atoms with Gasteiger partial charge in [-0.15, -0.1) is 0 Å². The van der Waals surface area contributed by atoms with Crippen molar-refractivity contribution in [1.29, 1.82) is 5.26 Å². The fourth-order valence-corrected chi connectivity index (χ4v) is 1.91. The lowest BCUT2D eigenvalue weighted by molar-refractivity contribution is 0.627. The number of nitrogens with one attached hydrogen (secondary N) is 1. The van der Waals surface area contributed by atoms with Crippen molar-refractivity contribution in [3.05, 3.63) is 27.5 Å². The zero-order chi connectivity index (χ0) is 10.1. The van der Waals surface area contributed by atoms with Crippen molar-refractivity contribution in [2.24, 2.45) is 0 Å². The first-order valence-corrected chi connectivity index (χ1v) is 4.90. The second kappa shape index (κ2) is 3.56. The Kier molecular flexibility index (Phi) is 2.40. The molecule has 1 aromatic heterocycles. The molecule has 4 heteroatoms. The Labute approximate surface area is 87.7 Å². The van der Waals surface area contributed by atoms with Crippen molar-refractivity contribution >= 4 is 11.6 Å². The minimum absolute atomic E-state index is 0.495. The summed E-state index contributed by atoms with van der Waals surface area (Å²) < 4.78 is 0. The van der Waals surface area contributed by atoms with Crippen LogP contribution in [0.5, 0.6) is 0 Å². The Morgan fingerprint density at radius 3 is 3.07 bits per heavy atom. The van der Waals surface area contributed by atoms with Crippen LogP contribution in [0.4, 0.5) is 0 Å². The molecule has 14 heavy (non-hydrogen) atoms. The van der Waals surface area contributed by atoms with E-state index in [2.05, 4.69) is 16.4 Å². The fourth-order valence-electron chi connectivity index (χ4n) is 1.71. The number of hydrogen-bond acceptors (Lipinski definition) is 3. The molecule has 0 atom stereocenters. The fraction of sp³-hybridized carbons (Fsp3) is 0.400. The molecule has 1 aromatic rings. The van der Waals surface area contributed by atoms with E-state index in [0.29, 0.717) is 17.1 Å². The Morgan fingerprint density at radius 1 is 1.57 bits per heavy atom. The molecule has 72 valence electrons. The van der Waals surface area contributed by atoms with E-state index < -0.39 is 0 Å². The molecule has 0 aliphatic carbocycles. The highest BCUT2D eigenvalue weighted by Gasteiger charge is 2.18. The molecule has 0 amide bonds. The second-order valence-electron chi connectivity index (χ2n) is 3.35. The Bertz CT molecular complexity index is 420. The van der Waals surface area contributed by atoms with Crippen LogP contribution < -0.4 is 5.32 Å². The van der Waals surface area contributed by atoms with Crippen LogP contribution in [0.2, 0.25) is 5.02 Å². The molecule has 0 saturated heterocycles. The van der Waals surface area contributed by atoms with Gasteiger partial charge in [-0.25, -0.2) is 0 Å². The number of pyridine rings is 1. The lowest BCUT2D eigenvalue weighted by Gasteiger charge is -2.18. The topological polar surface area (TPSA) is 48.7 Å². The molecule has 0 saturated carbocycles. The third-order valence-electron chi connectivity index (χ3n) is 2.44. The summed E-state index contributed by atoms with van der Waals surface area (Å²) in [4.78, 5) is 4.40. The van der Waals surface area contributed by atoms with Gasteiger partial charge in [-0.2, -0.15) is 5.26 Å². The van der Waals surface area contributed by atoms with Crippen LogP contribution in [-0.4, -0.2) is 11.5 Å². The van der Waals surface area contributed by atoms with Gasteiger partial charge in [0.25, 0.3) is 0 Å². The number of hydrogen-bond donors (Lipinski definition) is 1. The van der Waals surface area contributed by atoms with E-state index in [1.165, 1.54) is 0 Å². The molecule has 1 N–H and O–H groups in total. The molecular weight excluding hydrogens is 198 g/mol. The number of fused-ring (bicyclic) bond motifs is 1. The zero-order valence-corrected chi connectivity index (χ0v) is 8.65. The maximum atomic E-state index is 9.01. The van der Waals surface area contributed by atoms with Crippen molar-refractivity contribution in [1.82, 2.24) is 10.3 Å². The first-order valence-electron chi connectivity index (χ1n) is 4.52. The van der Waals surface area contributed by atoms with Crippen molar-refractivity contribution in [2.45, 2.75) is 19.9 Å². The summed E-state index contributed by atoms with van der Waals surface area (Å²) >= 11 is 6.02. The quantitative estimate of drug-likeness (QED) is 0.703. The minimum Gasteiger partial charge on any atom is -0.312 e. The Hall–Kier alpha value is -1.11. The zero-order valence-electron chi connectivity index (χ0n) is 7.89. The molecule has 0 unspecified atom stereocenters. The first-order chi connectivity index (χ1) is 6.74. The average molecular weight is 208 g/mol. The van der Waals surface area contributed by atoms with Crippen LogP contribution in [0.15, 0.2) is 0 Å². The van der Waals surface area contributed by atoms with Crippen LogP contribution in [0.25, 0.3) is 0 Å². The molecule has 3 nitrogen and oxygen atoms in total. The molecule has 0 spiro atoms. The van der Waals surface area contributed by atoms with Gasteiger partial charge in [-0.3, -0.25) is 4.98 Å². The van der Waals surface area contributed by atoms with E-state index in [4.69, 9.17) is 16.9 Å². The number of nitrogens with zero attached hydrogens (tertiary/aromatic N) is 2. The minimum atomic E-state index is 0.495. The van der Waals surface area contributed by atoms with E-state index in [1.807, 2.05) is 6.92 Å². The molecule has 1 aliphatic rings. The van der Waals surface area contributed by atoms with Crippen LogP contribution >= 0.6 is 11.6 Å². The average Bonchev–Trinajstić information content (AvgIpc) is 2.20. The normalized spacial score (nSPS) is 14.6. The van der Waals surface area contributed by atoms with E-state index in [1.54, 1.807) is 0 Å². The smallest absolute Gasteiger partial charge is 0.101 e. The van der Waals surface area contributed by atoms with Gasteiger partial charge in [0, 0.05) is 30.8 Å². The van der Waals surface area contributed by atoms with Gasteiger partial charge < -0.3 is 5.32 Å². The van der Waals surface area contributed by atoms with Crippen LogP contribution in [-0.2, 0) is 13.0 Å². The third-order valence-corrected chi connectivity index (χ3v) is 2.90. The molecule has 0 fully saturated rings. The summed E-state index contributed by atoms with van der Waals surface area (Å²) in [7, 11) is 0. The molecule has 0 radical (unpaired) electrons. The van der Waals surface area contributed by atoms with Crippen LogP contribution in [0, 0.1) is 18.3 Å². The summed E-state index contributed by atoms with van der Waals surface area (Å²) in [6, 6.07) is 2.15. The Balaban J connectivity index is 2.67. The Morgan fingerprint density at radius 2 is 2.36 bits per heavy atom. The highest BCUT2D eigenvalue weighted by Crippen LogP contribution is 2.26. The summed E-state index contributed by atoms with van der Waals surface area (Å²) in [5.41, 5.74) is 3.32. The lowest BCUT2D eigenvalue weighted by atomic mass is 10.0. The maximum absolute atomic E-state index is 9.01. The summed E-state index contributed by atoms with van der Waals surface area (Å²) in [5.74, 6) is 0. The van der Waals surface area contributed by atoms with Crippen molar-refractivity contribution in [2.75, 3.05) is 6.54 Å². The predicted molar refractivity (Wildman–Crippen MR) is 54.1 cm³/mol. The largest absolute Gasteiger partial charge is 0.312 e. The van der Waals surface area contributed by atoms with Gasteiger partial charge >= 0.3 is 0 Å². The first kappa shape index (κ1) is 9.45. The van der Waals surface area contributed by atoms with Crippen molar-refractivity contribution < 1.29 is 0 Å². The maximum Gasteiger partial charge on any atom is 0.101 e. The standard InChI is InChI=1S/C10H10ClN3/c1-6-10(11)7(4-12)8-5-13-3-2-9(8)14-6/h13H,2-3,5H2,1H3. The van der Waals surface area contributed by atoms with Gasteiger partial charge in [-0.05, 0) is 6.92 Å². The SMILES string of the molecule is Cc1nc2c(c(C#N)c1Cl)CNCC2. The van der Waals surface area contributed by atoms with Crippen molar-refractivity contribution in [3.63, 3.8) is 0 Å². The van der Waals surface area contributed by atoms with Gasteiger partial charge in [0.05, 0.1) is 16.3 Å². The molecule has 1 aliphatic heterocycles. The molecule has 0 aromatic carbocycles. The number of rotatable bonds is 0. The van der Waals surface area contributed by atoms with Crippen LogP contribution in [0.3, 0.4) is 0 Å². The highest BCUT2D eigenvalue weighted by molar-refractivity contribution is 6.32. The predicted octanol–water partition coefficient (Wildman–Crippen LogP) is 1.56.